The van der Waals surface area contributed by atoms with Crippen molar-refractivity contribution in [2.24, 2.45) is 11.8 Å². The SMILES string of the molecule is CC[C@H]1OC(=O)[C@H](C)C(=O)CC[C@H](OC)C[C@@H](C)CN(C)[C@H](C)[C@H]2NC(=O)O[C@@]21C. The minimum absolute atomic E-state index is 0.0517. The lowest BCUT2D eigenvalue weighted by atomic mass is 9.84. The first-order valence-electron chi connectivity index (χ1n) is 11.0. The van der Waals surface area contributed by atoms with Crippen molar-refractivity contribution in [1.82, 2.24) is 10.2 Å². The van der Waals surface area contributed by atoms with E-state index in [0.29, 0.717) is 18.8 Å². The molecule has 0 aromatic rings. The summed E-state index contributed by atoms with van der Waals surface area (Å²) in [6.45, 7) is 10.3. The van der Waals surface area contributed by atoms with Crippen LogP contribution in [0, 0.1) is 11.8 Å². The van der Waals surface area contributed by atoms with Gasteiger partial charge in [-0.2, -0.15) is 0 Å². The van der Waals surface area contributed by atoms with Gasteiger partial charge in [-0.3, -0.25) is 9.59 Å². The Morgan fingerprint density at radius 2 is 1.90 bits per heavy atom. The third-order valence-corrected chi connectivity index (χ3v) is 6.80. The Labute approximate surface area is 180 Å². The normalized spacial score (nSPS) is 39.9. The van der Waals surface area contributed by atoms with E-state index in [-0.39, 0.29) is 30.4 Å². The third-order valence-electron chi connectivity index (χ3n) is 6.80. The number of rotatable bonds is 2. The zero-order valence-electron chi connectivity index (χ0n) is 19.4. The maximum absolute atomic E-state index is 12.7. The van der Waals surface area contributed by atoms with E-state index in [1.54, 1.807) is 21.0 Å². The summed E-state index contributed by atoms with van der Waals surface area (Å²) >= 11 is 0. The van der Waals surface area contributed by atoms with E-state index in [0.717, 1.165) is 13.0 Å². The molecule has 0 spiro atoms. The number of fused-ring (bicyclic) bond motifs is 1. The Morgan fingerprint density at radius 1 is 1.23 bits per heavy atom. The van der Waals surface area contributed by atoms with E-state index in [2.05, 4.69) is 17.1 Å². The molecule has 8 nitrogen and oxygen atoms in total. The fourth-order valence-electron chi connectivity index (χ4n) is 4.70. The van der Waals surface area contributed by atoms with Crippen molar-refractivity contribution in [1.29, 1.82) is 0 Å². The van der Waals surface area contributed by atoms with Crippen LogP contribution in [0.4, 0.5) is 4.79 Å². The highest BCUT2D eigenvalue weighted by Crippen LogP contribution is 2.34. The minimum atomic E-state index is -1.03. The number of nitrogens with zero attached hydrogens (tertiary/aromatic N) is 1. The van der Waals surface area contributed by atoms with Crippen LogP contribution in [0.2, 0.25) is 0 Å². The van der Waals surface area contributed by atoms with Gasteiger partial charge in [0.05, 0.1) is 12.1 Å². The van der Waals surface area contributed by atoms with Crippen LogP contribution >= 0.6 is 0 Å². The monoisotopic (exact) mass is 426 g/mol. The molecule has 0 radical (unpaired) electrons. The fourth-order valence-corrected chi connectivity index (χ4v) is 4.70. The first-order chi connectivity index (χ1) is 14.0. The van der Waals surface area contributed by atoms with Crippen molar-refractivity contribution >= 4 is 17.8 Å². The van der Waals surface area contributed by atoms with Gasteiger partial charge in [0.2, 0.25) is 0 Å². The minimum Gasteiger partial charge on any atom is -0.458 e. The summed E-state index contributed by atoms with van der Waals surface area (Å²) in [4.78, 5) is 39.7. The van der Waals surface area contributed by atoms with Crippen LogP contribution in [-0.4, -0.2) is 73.3 Å². The number of nitrogens with one attached hydrogen (secondary N) is 1. The average molecular weight is 427 g/mol. The summed E-state index contributed by atoms with van der Waals surface area (Å²) < 4.78 is 17.0. The van der Waals surface area contributed by atoms with Crippen molar-refractivity contribution in [2.45, 2.75) is 90.2 Å². The van der Waals surface area contributed by atoms with Gasteiger partial charge in [-0.1, -0.05) is 13.8 Å². The second-order valence-corrected chi connectivity index (χ2v) is 9.13. The van der Waals surface area contributed by atoms with E-state index in [9.17, 15) is 14.4 Å². The van der Waals surface area contributed by atoms with Crippen LogP contribution in [0.25, 0.3) is 0 Å². The number of carbonyl (C=O) groups excluding carboxylic acids is 3. The van der Waals surface area contributed by atoms with Crippen LogP contribution in [-0.2, 0) is 23.8 Å². The first-order valence-corrected chi connectivity index (χ1v) is 11.0. The maximum atomic E-state index is 12.7. The number of hydrogen-bond acceptors (Lipinski definition) is 7. The van der Waals surface area contributed by atoms with Gasteiger partial charge in [-0.15, -0.1) is 0 Å². The lowest BCUT2D eigenvalue weighted by molar-refractivity contribution is -0.169. The van der Waals surface area contributed by atoms with E-state index in [1.165, 1.54) is 0 Å². The Bertz CT molecular complexity index is 641. The molecule has 2 heterocycles. The Morgan fingerprint density at radius 3 is 2.50 bits per heavy atom. The Balaban J connectivity index is 2.38. The predicted octanol–water partition coefficient (Wildman–Crippen LogP) is 2.54. The van der Waals surface area contributed by atoms with Crippen molar-refractivity contribution in [2.75, 3.05) is 20.7 Å². The number of hydrogen-bond donors (Lipinski definition) is 1. The molecule has 0 aromatic carbocycles. The van der Waals surface area contributed by atoms with Gasteiger partial charge in [0.15, 0.2) is 5.60 Å². The number of alkyl carbamates (subject to hydrolysis) is 1. The van der Waals surface area contributed by atoms with Gasteiger partial charge in [-0.25, -0.2) is 4.79 Å². The van der Waals surface area contributed by atoms with Crippen LogP contribution < -0.4 is 5.32 Å². The molecule has 1 amide bonds. The molecule has 1 N–H and O–H groups in total. The smallest absolute Gasteiger partial charge is 0.408 e. The zero-order valence-corrected chi connectivity index (χ0v) is 19.4. The van der Waals surface area contributed by atoms with Gasteiger partial charge < -0.3 is 24.4 Å². The molecule has 172 valence electrons. The highest BCUT2D eigenvalue weighted by atomic mass is 16.6. The van der Waals surface area contributed by atoms with Crippen molar-refractivity contribution in [3.8, 4) is 0 Å². The number of Topliss-reactive ketones (excluding diaryl/α,β-unsaturated/α-hetero) is 1. The van der Waals surface area contributed by atoms with Gasteiger partial charge in [-0.05, 0) is 53.0 Å². The summed E-state index contributed by atoms with van der Waals surface area (Å²) in [6.07, 6.45) is 0.886. The summed E-state index contributed by atoms with van der Waals surface area (Å²) in [6, 6.07) is -0.420. The maximum Gasteiger partial charge on any atom is 0.408 e. The summed E-state index contributed by atoms with van der Waals surface area (Å²) in [5.41, 5.74) is -1.03. The standard InChI is InChI=1S/C22H38N2O6/c1-8-18-22(5)19(23-21(27)30-22)15(4)24(6)12-13(2)11-16(28-7)9-10-17(25)14(3)20(26)29-18/h13-16,18-19H,8-12H2,1-7H3,(H,23,27)/t13-,14-,15-,16+,18-,19-,22-/m1/s1. The number of methoxy groups -OCH3 is 1. The fraction of sp³-hybridized carbons (Fsp3) is 0.864. The molecule has 8 heteroatoms. The van der Waals surface area contributed by atoms with Crippen molar-refractivity contribution < 1.29 is 28.6 Å². The second-order valence-electron chi connectivity index (χ2n) is 9.13. The molecule has 30 heavy (non-hydrogen) atoms. The van der Waals surface area contributed by atoms with Gasteiger partial charge in [0.1, 0.15) is 17.8 Å². The molecule has 0 aliphatic carbocycles. The molecule has 2 rings (SSSR count). The molecule has 2 aliphatic heterocycles. The lowest BCUT2D eigenvalue weighted by Crippen LogP contribution is -2.60. The number of likely N-dealkylation sites (N-methyl/N-ethyl adjacent to an activating group) is 1. The van der Waals surface area contributed by atoms with Crippen LogP contribution in [0.3, 0.4) is 0 Å². The highest BCUT2D eigenvalue weighted by Gasteiger charge is 2.55. The number of cyclic esters (lactones) is 1. The van der Waals surface area contributed by atoms with Crippen LogP contribution in [0.5, 0.6) is 0 Å². The Kier molecular flexibility index (Phi) is 8.27. The summed E-state index contributed by atoms with van der Waals surface area (Å²) in [5, 5.41) is 2.92. The molecule has 0 unspecified atom stereocenters. The second kappa shape index (κ2) is 10.1. The van der Waals surface area contributed by atoms with Crippen LogP contribution in [0.1, 0.15) is 60.3 Å². The van der Waals surface area contributed by atoms with Crippen molar-refractivity contribution in [3.05, 3.63) is 0 Å². The first kappa shape index (κ1) is 24.6. The summed E-state index contributed by atoms with van der Waals surface area (Å²) in [5.74, 6) is -1.28. The number of ether oxygens (including phenoxy) is 3. The molecule has 2 saturated heterocycles. The van der Waals surface area contributed by atoms with E-state index >= 15 is 0 Å². The van der Waals surface area contributed by atoms with E-state index in [1.807, 2.05) is 20.9 Å². The molecule has 0 aromatic heterocycles. The largest absolute Gasteiger partial charge is 0.458 e. The Hall–Kier alpha value is -1.67. The number of esters is 1. The molecule has 2 fully saturated rings. The van der Waals surface area contributed by atoms with Gasteiger partial charge in [0, 0.05) is 26.1 Å². The molecule has 7 atom stereocenters. The lowest BCUT2D eigenvalue weighted by Gasteiger charge is -2.41. The van der Waals surface area contributed by atoms with E-state index in [4.69, 9.17) is 14.2 Å². The van der Waals surface area contributed by atoms with Gasteiger partial charge in [0.25, 0.3) is 0 Å². The predicted molar refractivity (Wildman–Crippen MR) is 112 cm³/mol. The third kappa shape index (κ3) is 5.32. The summed E-state index contributed by atoms with van der Waals surface area (Å²) in [7, 11) is 3.67. The molecule has 0 bridgehead atoms. The van der Waals surface area contributed by atoms with Gasteiger partial charge >= 0.3 is 12.1 Å². The number of amides is 1. The zero-order chi connectivity index (χ0) is 22.6. The highest BCUT2D eigenvalue weighted by molar-refractivity contribution is 5.98. The van der Waals surface area contributed by atoms with Crippen LogP contribution in [0.15, 0.2) is 0 Å². The van der Waals surface area contributed by atoms with Crippen molar-refractivity contribution in [3.63, 3.8) is 0 Å². The number of carbonyl (C=O) groups is 3. The van der Waals surface area contributed by atoms with E-state index < -0.39 is 29.7 Å². The topological polar surface area (TPSA) is 94.2 Å². The molecular formula is C22H38N2O6. The molecule has 2 aliphatic rings. The molecular weight excluding hydrogens is 388 g/mol. The number of ketones is 1. The molecule has 0 saturated carbocycles. The average Bonchev–Trinajstić information content (AvgIpc) is 3.01. The quantitative estimate of drug-likeness (QED) is 0.536.